The number of carbonyl (C=O) groups is 1. The van der Waals surface area contributed by atoms with Crippen molar-refractivity contribution in [2.75, 3.05) is 31.3 Å². The van der Waals surface area contributed by atoms with E-state index in [0.717, 1.165) is 16.1 Å². The molecule has 1 N–H and O–H groups in total. The molecule has 0 spiro atoms. The molecule has 1 aliphatic heterocycles. The van der Waals surface area contributed by atoms with Crippen molar-refractivity contribution in [2.24, 2.45) is 0 Å². The smallest absolute Gasteiger partial charge is 0.241 e. The van der Waals surface area contributed by atoms with Crippen molar-refractivity contribution >= 4 is 21.6 Å². The van der Waals surface area contributed by atoms with Gasteiger partial charge in [0.2, 0.25) is 15.9 Å². The van der Waals surface area contributed by atoms with Gasteiger partial charge in [-0.1, -0.05) is 12.1 Å². The van der Waals surface area contributed by atoms with Gasteiger partial charge in [-0.15, -0.1) is 0 Å². The first-order chi connectivity index (χ1) is 14.5. The molecular weight excluding hydrogens is 420 g/mol. The van der Waals surface area contributed by atoms with Gasteiger partial charge in [-0.05, 0) is 44.2 Å². The van der Waals surface area contributed by atoms with E-state index in [1.165, 1.54) is 7.11 Å². The standard InChI is InChI=1S/C22H28N2O6S/c1-22(2)13-17(16-12-15(28-3)10-11-19(16)30-22)23-21(25)14-24(31(5,26)27)18-8-6-7-9-20(18)29-4/h6-12,17H,13-14H2,1-5H3,(H,23,25)/t17-/m1/s1. The van der Waals surface area contributed by atoms with Gasteiger partial charge in [-0.25, -0.2) is 8.42 Å². The van der Waals surface area contributed by atoms with E-state index in [0.29, 0.717) is 29.4 Å². The number of hydrogen-bond donors (Lipinski definition) is 1. The summed E-state index contributed by atoms with van der Waals surface area (Å²) in [5.41, 5.74) is 0.589. The summed E-state index contributed by atoms with van der Waals surface area (Å²) in [5, 5.41) is 2.97. The Morgan fingerprint density at radius 3 is 2.55 bits per heavy atom. The summed E-state index contributed by atoms with van der Waals surface area (Å²) in [6.07, 6.45) is 1.58. The lowest BCUT2D eigenvalue weighted by Gasteiger charge is -2.38. The van der Waals surface area contributed by atoms with Crippen molar-refractivity contribution in [1.29, 1.82) is 0 Å². The van der Waals surface area contributed by atoms with Crippen molar-refractivity contribution in [3.8, 4) is 17.2 Å². The van der Waals surface area contributed by atoms with Gasteiger partial charge in [0.1, 0.15) is 29.4 Å². The minimum absolute atomic E-state index is 0.303. The molecule has 31 heavy (non-hydrogen) atoms. The second-order valence-electron chi connectivity index (χ2n) is 8.03. The molecule has 0 unspecified atom stereocenters. The third-order valence-corrected chi connectivity index (χ3v) is 6.18. The van der Waals surface area contributed by atoms with Crippen LogP contribution >= 0.6 is 0 Å². The van der Waals surface area contributed by atoms with Crippen LogP contribution in [0, 0.1) is 0 Å². The maximum absolute atomic E-state index is 13.0. The van der Waals surface area contributed by atoms with E-state index < -0.39 is 21.5 Å². The lowest BCUT2D eigenvalue weighted by molar-refractivity contribution is -0.120. The molecule has 168 valence electrons. The highest BCUT2D eigenvalue weighted by Crippen LogP contribution is 2.41. The predicted octanol–water partition coefficient (Wildman–Crippen LogP) is 2.89. The number of benzene rings is 2. The van der Waals surface area contributed by atoms with Gasteiger partial charge in [0.15, 0.2) is 0 Å². The lowest BCUT2D eigenvalue weighted by Crippen LogP contribution is -2.45. The van der Waals surface area contributed by atoms with Crippen LogP contribution in [0.4, 0.5) is 5.69 Å². The summed E-state index contributed by atoms with van der Waals surface area (Å²) in [5.74, 6) is 1.23. The largest absolute Gasteiger partial charge is 0.497 e. The minimum Gasteiger partial charge on any atom is -0.497 e. The number of rotatable bonds is 7. The van der Waals surface area contributed by atoms with E-state index in [1.807, 2.05) is 26.0 Å². The number of ether oxygens (including phenoxy) is 3. The number of carbonyl (C=O) groups excluding carboxylic acids is 1. The van der Waals surface area contributed by atoms with Crippen LogP contribution in [-0.4, -0.2) is 46.9 Å². The van der Waals surface area contributed by atoms with Gasteiger partial charge >= 0.3 is 0 Å². The molecule has 1 heterocycles. The average Bonchev–Trinajstić information content (AvgIpc) is 2.70. The molecule has 2 aromatic carbocycles. The fourth-order valence-electron chi connectivity index (χ4n) is 3.68. The highest BCUT2D eigenvalue weighted by molar-refractivity contribution is 7.92. The Hall–Kier alpha value is -2.94. The monoisotopic (exact) mass is 448 g/mol. The third kappa shape index (κ3) is 5.22. The first-order valence-electron chi connectivity index (χ1n) is 9.81. The molecule has 1 atom stereocenters. The normalized spacial score (nSPS) is 17.1. The summed E-state index contributed by atoms with van der Waals surface area (Å²) >= 11 is 0. The Morgan fingerprint density at radius 2 is 1.90 bits per heavy atom. The maximum atomic E-state index is 13.0. The molecule has 3 rings (SSSR count). The molecule has 2 aromatic rings. The molecule has 0 aromatic heterocycles. The molecule has 1 aliphatic rings. The fraction of sp³-hybridized carbons (Fsp3) is 0.409. The number of methoxy groups -OCH3 is 2. The Labute approximate surface area is 183 Å². The molecule has 0 fully saturated rings. The van der Waals surface area contributed by atoms with E-state index >= 15 is 0 Å². The van der Waals surface area contributed by atoms with E-state index in [1.54, 1.807) is 37.4 Å². The number of anilines is 1. The number of fused-ring (bicyclic) bond motifs is 1. The van der Waals surface area contributed by atoms with Crippen LogP contribution in [0.1, 0.15) is 31.9 Å². The maximum Gasteiger partial charge on any atom is 0.241 e. The zero-order valence-corrected chi connectivity index (χ0v) is 19.2. The molecule has 0 radical (unpaired) electrons. The SMILES string of the molecule is COc1ccc2c(c1)[C@H](NC(=O)CN(c1ccccc1OC)S(C)(=O)=O)CC(C)(C)O2. The van der Waals surface area contributed by atoms with Crippen molar-refractivity contribution in [3.05, 3.63) is 48.0 Å². The molecule has 0 saturated carbocycles. The van der Waals surface area contributed by atoms with Gasteiger partial charge in [-0.2, -0.15) is 0 Å². The summed E-state index contributed by atoms with van der Waals surface area (Å²) in [6, 6.07) is 11.7. The number of nitrogens with zero attached hydrogens (tertiary/aromatic N) is 1. The average molecular weight is 449 g/mol. The van der Waals surface area contributed by atoms with Gasteiger partial charge in [0, 0.05) is 12.0 Å². The Bertz CT molecular complexity index is 1070. The van der Waals surface area contributed by atoms with E-state index in [4.69, 9.17) is 14.2 Å². The predicted molar refractivity (Wildman–Crippen MR) is 118 cm³/mol. The topological polar surface area (TPSA) is 94.2 Å². The number of sulfonamides is 1. The highest BCUT2D eigenvalue weighted by Gasteiger charge is 2.35. The van der Waals surface area contributed by atoms with Gasteiger partial charge < -0.3 is 19.5 Å². The van der Waals surface area contributed by atoms with Crippen LogP contribution in [0.2, 0.25) is 0 Å². The van der Waals surface area contributed by atoms with Crippen LogP contribution in [0.15, 0.2) is 42.5 Å². The molecular formula is C22H28N2O6S. The number of amides is 1. The first kappa shape index (κ1) is 22.7. The lowest BCUT2D eigenvalue weighted by atomic mass is 9.89. The quantitative estimate of drug-likeness (QED) is 0.700. The van der Waals surface area contributed by atoms with Crippen molar-refractivity contribution in [1.82, 2.24) is 5.32 Å². The Morgan fingerprint density at radius 1 is 1.19 bits per heavy atom. The zero-order valence-electron chi connectivity index (χ0n) is 18.3. The zero-order chi connectivity index (χ0) is 22.8. The Balaban J connectivity index is 1.88. The van der Waals surface area contributed by atoms with Gasteiger partial charge in [0.25, 0.3) is 0 Å². The molecule has 8 nitrogen and oxygen atoms in total. The van der Waals surface area contributed by atoms with Crippen LogP contribution in [0.5, 0.6) is 17.2 Å². The van der Waals surface area contributed by atoms with Crippen molar-refractivity contribution < 1.29 is 27.4 Å². The summed E-state index contributed by atoms with van der Waals surface area (Å²) in [4.78, 5) is 13.0. The molecule has 0 aliphatic carbocycles. The summed E-state index contributed by atoms with van der Waals surface area (Å²) < 4.78 is 42.6. The summed E-state index contributed by atoms with van der Waals surface area (Å²) in [6.45, 7) is 3.50. The molecule has 9 heteroatoms. The van der Waals surface area contributed by atoms with Crippen molar-refractivity contribution in [2.45, 2.75) is 31.9 Å². The molecule has 1 amide bonds. The van der Waals surface area contributed by atoms with Gasteiger partial charge in [0.05, 0.1) is 32.2 Å². The van der Waals surface area contributed by atoms with Crippen LogP contribution in [-0.2, 0) is 14.8 Å². The number of nitrogens with one attached hydrogen (secondary N) is 1. The van der Waals surface area contributed by atoms with Crippen LogP contribution < -0.4 is 23.8 Å². The second kappa shape index (κ2) is 8.66. The first-order valence-corrected chi connectivity index (χ1v) is 11.7. The molecule has 0 saturated heterocycles. The fourth-order valence-corrected chi connectivity index (χ4v) is 4.54. The van der Waals surface area contributed by atoms with E-state index in [-0.39, 0.29) is 12.6 Å². The van der Waals surface area contributed by atoms with E-state index in [9.17, 15) is 13.2 Å². The Kier molecular flexibility index (Phi) is 6.35. The van der Waals surface area contributed by atoms with Crippen LogP contribution in [0.25, 0.3) is 0 Å². The molecule has 0 bridgehead atoms. The second-order valence-corrected chi connectivity index (χ2v) is 9.94. The third-order valence-electron chi connectivity index (χ3n) is 5.05. The van der Waals surface area contributed by atoms with Crippen LogP contribution in [0.3, 0.4) is 0 Å². The highest BCUT2D eigenvalue weighted by atomic mass is 32.2. The minimum atomic E-state index is -3.73. The number of hydrogen-bond acceptors (Lipinski definition) is 6. The summed E-state index contributed by atoms with van der Waals surface area (Å²) in [7, 11) is -0.711. The van der Waals surface area contributed by atoms with E-state index in [2.05, 4.69) is 5.32 Å². The number of para-hydroxylation sites is 2. The van der Waals surface area contributed by atoms with Crippen molar-refractivity contribution in [3.63, 3.8) is 0 Å². The van der Waals surface area contributed by atoms with Gasteiger partial charge in [-0.3, -0.25) is 9.10 Å².